The van der Waals surface area contributed by atoms with Crippen LogP contribution in [0.15, 0.2) is 54.6 Å². The summed E-state index contributed by atoms with van der Waals surface area (Å²) in [7, 11) is 0. The zero-order chi connectivity index (χ0) is 13.0. The second-order valence-corrected chi connectivity index (χ2v) is 3.75. The SMILES string of the molecule is NNC(=O)c1ccc(C(=O)c2ccccc2)cc1. The summed E-state index contributed by atoms with van der Waals surface area (Å²) in [6, 6.07) is 15.3. The number of hydrogen-bond acceptors (Lipinski definition) is 3. The predicted octanol–water partition coefficient (Wildman–Crippen LogP) is 1.52. The van der Waals surface area contributed by atoms with E-state index < -0.39 is 0 Å². The molecule has 0 saturated heterocycles. The number of hydrazine groups is 1. The van der Waals surface area contributed by atoms with Crippen LogP contribution in [0.3, 0.4) is 0 Å². The van der Waals surface area contributed by atoms with Crippen LogP contribution in [0.25, 0.3) is 0 Å². The first-order chi connectivity index (χ1) is 8.72. The molecule has 0 spiro atoms. The van der Waals surface area contributed by atoms with E-state index in [1.807, 2.05) is 23.6 Å². The summed E-state index contributed by atoms with van der Waals surface area (Å²) in [4.78, 5) is 23.3. The molecule has 0 aliphatic rings. The Bertz CT molecular complexity index is 562. The van der Waals surface area contributed by atoms with Crippen LogP contribution in [-0.4, -0.2) is 11.7 Å². The third-order valence-electron chi connectivity index (χ3n) is 2.58. The number of amides is 1. The molecule has 0 aliphatic heterocycles. The number of nitrogens with one attached hydrogen (secondary N) is 1. The summed E-state index contributed by atoms with van der Waals surface area (Å²) in [5.74, 6) is 4.57. The van der Waals surface area contributed by atoms with Gasteiger partial charge in [-0.05, 0) is 12.1 Å². The van der Waals surface area contributed by atoms with Crippen molar-refractivity contribution in [1.82, 2.24) is 5.43 Å². The van der Waals surface area contributed by atoms with Gasteiger partial charge in [0.05, 0.1) is 0 Å². The number of rotatable bonds is 3. The summed E-state index contributed by atoms with van der Waals surface area (Å²) in [6.45, 7) is 0. The van der Waals surface area contributed by atoms with E-state index in [4.69, 9.17) is 5.84 Å². The third-order valence-corrected chi connectivity index (χ3v) is 2.58. The van der Waals surface area contributed by atoms with Crippen LogP contribution >= 0.6 is 0 Å². The predicted molar refractivity (Wildman–Crippen MR) is 68.0 cm³/mol. The van der Waals surface area contributed by atoms with Crippen molar-refractivity contribution in [3.05, 3.63) is 71.3 Å². The maximum absolute atomic E-state index is 12.1. The van der Waals surface area contributed by atoms with Gasteiger partial charge in [0.15, 0.2) is 5.78 Å². The lowest BCUT2D eigenvalue weighted by molar-refractivity contribution is 0.0952. The highest BCUT2D eigenvalue weighted by Gasteiger charge is 2.09. The fourth-order valence-corrected chi connectivity index (χ4v) is 1.61. The molecular weight excluding hydrogens is 228 g/mol. The first-order valence-corrected chi connectivity index (χ1v) is 5.43. The maximum Gasteiger partial charge on any atom is 0.265 e. The Labute approximate surface area is 104 Å². The summed E-state index contributed by atoms with van der Waals surface area (Å²) in [5, 5.41) is 0. The summed E-state index contributed by atoms with van der Waals surface area (Å²) < 4.78 is 0. The molecule has 2 aromatic carbocycles. The van der Waals surface area contributed by atoms with Crippen molar-refractivity contribution < 1.29 is 9.59 Å². The molecule has 4 heteroatoms. The van der Waals surface area contributed by atoms with E-state index in [0.717, 1.165) is 0 Å². The van der Waals surface area contributed by atoms with Gasteiger partial charge in [0.25, 0.3) is 5.91 Å². The van der Waals surface area contributed by atoms with Crippen LogP contribution in [-0.2, 0) is 0 Å². The maximum atomic E-state index is 12.1. The summed E-state index contributed by atoms with van der Waals surface area (Å²) >= 11 is 0. The molecule has 0 bridgehead atoms. The summed E-state index contributed by atoms with van der Waals surface area (Å²) in [5.41, 5.74) is 3.61. The van der Waals surface area contributed by atoms with Gasteiger partial charge in [-0.15, -0.1) is 0 Å². The number of hydrogen-bond donors (Lipinski definition) is 2. The molecule has 0 unspecified atom stereocenters. The molecule has 1 amide bonds. The number of nitrogens with two attached hydrogens (primary N) is 1. The van der Waals surface area contributed by atoms with E-state index in [1.54, 1.807) is 36.4 Å². The molecule has 2 rings (SSSR count). The number of carbonyl (C=O) groups is 2. The van der Waals surface area contributed by atoms with Crippen molar-refractivity contribution >= 4 is 11.7 Å². The minimum absolute atomic E-state index is 0.0738. The highest BCUT2D eigenvalue weighted by atomic mass is 16.2. The number of nitrogen functional groups attached to an aromatic ring is 1. The van der Waals surface area contributed by atoms with Gasteiger partial charge in [0.1, 0.15) is 0 Å². The molecule has 0 radical (unpaired) electrons. The van der Waals surface area contributed by atoms with E-state index in [-0.39, 0.29) is 11.7 Å². The lowest BCUT2D eigenvalue weighted by Crippen LogP contribution is -2.29. The van der Waals surface area contributed by atoms with E-state index in [2.05, 4.69) is 0 Å². The van der Waals surface area contributed by atoms with Crippen molar-refractivity contribution in [1.29, 1.82) is 0 Å². The van der Waals surface area contributed by atoms with Crippen LogP contribution in [0.1, 0.15) is 26.3 Å². The molecule has 0 aliphatic carbocycles. The Morgan fingerprint density at radius 1 is 0.778 bits per heavy atom. The molecule has 0 aromatic heterocycles. The monoisotopic (exact) mass is 240 g/mol. The molecule has 2 aromatic rings. The van der Waals surface area contributed by atoms with Crippen LogP contribution in [0.5, 0.6) is 0 Å². The average Bonchev–Trinajstić information content (AvgIpc) is 2.47. The van der Waals surface area contributed by atoms with Gasteiger partial charge >= 0.3 is 0 Å². The van der Waals surface area contributed by atoms with Crippen molar-refractivity contribution in [2.24, 2.45) is 5.84 Å². The standard InChI is InChI=1S/C14H12N2O2/c15-16-14(18)12-8-6-11(7-9-12)13(17)10-4-2-1-3-5-10/h1-9H,15H2,(H,16,18). The highest BCUT2D eigenvalue weighted by Crippen LogP contribution is 2.10. The zero-order valence-electron chi connectivity index (χ0n) is 9.59. The lowest BCUT2D eigenvalue weighted by atomic mass is 10.0. The number of carbonyl (C=O) groups excluding carboxylic acids is 2. The Morgan fingerprint density at radius 2 is 1.28 bits per heavy atom. The largest absolute Gasteiger partial charge is 0.290 e. The van der Waals surface area contributed by atoms with Gasteiger partial charge in [0.2, 0.25) is 0 Å². The fourth-order valence-electron chi connectivity index (χ4n) is 1.61. The number of benzene rings is 2. The molecule has 0 atom stereocenters. The first kappa shape index (κ1) is 12.0. The normalized spacial score (nSPS) is 9.83. The Kier molecular flexibility index (Phi) is 3.50. The van der Waals surface area contributed by atoms with E-state index >= 15 is 0 Å². The Balaban J connectivity index is 2.25. The Hall–Kier alpha value is -2.46. The average molecular weight is 240 g/mol. The van der Waals surface area contributed by atoms with Crippen LogP contribution < -0.4 is 11.3 Å². The minimum atomic E-state index is -0.381. The fraction of sp³-hybridized carbons (Fsp3) is 0. The van der Waals surface area contributed by atoms with Crippen molar-refractivity contribution in [2.45, 2.75) is 0 Å². The molecule has 4 nitrogen and oxygen atoms in total. The molecule has 3 N–H and O–H groups in total. The number of ketones is 1. The molecule has 90 valence electrons. The zero-order valence-corrected chi connectivity index (χ0v) is 9.59. The minimum Gasteiger partial charge on any atom is -0.290 e. The van der Waals surface area contributed by atoms with Gasteiger partial charge in [-0.2, -0.15) is 0 Å². The third kappa shape index (κ3) is 2.44. The quantitative estimate of drug-likeness (QED) is 0.370. The second-order valence-electron chi connectivity index (χ2n) is 3.75. The molecule has 0 fully saturated rings. The highest BCUT2D eigenvalue weighted by molar-refractivity contribution is 6.09. The van der Waals surface area contributed by atoms with E-state index in [9.17, 15) is 9.59 Å². The molecule has 18 heavy (non-hydrogen) atoms. The molecular formula is C14H12N2O2. The molecule has 0 heterocycles. The van der Waals surface area contributed by atoms with Crippen molar-refractivity contribution in [3.8, 4) is 0 Å². The van der Waals surface area contributed by atoms with Gasteiger partial charge in [-0.25, -0.2) is 5.84 Å². The topological polar surface area (TPSA) is 72.2 Å². The van der Waals surface area contributed by atoms with E-state index in [1.165, 1.54) is 0 Å². The van der Waals surface area contributed by atoms with Crippen molar-refractivity contribution in [3.63, 3.8) is 0 Å². The first-order valence-electron chi connectivity index (χ1n) is 5.43. The summed E-state index contributed by atoms with van der Waals surface area (Å²) in [6.07, 6.45) is 0. The van der Waals surface area contributed by atoms with Gasteiger partial charge in [0, 0.05) is 16.7 Å². The van der Waals surface area contributed by atoms with Gasteiger partial charge in [-0.3, -0.25) is 15.0 Å². The second kappa shape index (κ2) is 5.25. The Morgan fingerprint density at radius 3 is 1.83 bits per heavy atom. The van der Waals surface area contributed by atoms with Crippen LogP contribution in [0.4, 0.5) is 0 Å². The van der Waals surface area contributed by atoms with E-state index in [0.29, 0.717) is 16.7 Å². The van der Waals surface area contributed by atoms with Crippen LogP contribution in [0.2, 0.25) is 0 Å². The van der Waals surface area contributed by atoms with Gasteiger partial charge in [-0.1, -0.05) is 42.5 Å². The van der Waals surface area contributed by atoms with Crippen molar-refractivity contribution in [2.75, 3.05) is 0 Å². The van der Waals surface area contributed by atoms with Gasteiger partial charge < -0.3 is 0 Å². The smallest absolute Gasteiger partial charge is 0.265 e. The van der Waals surface area contributed by atoms with Crippen LogP contribution in [0, 0.1) is 0 Å². The molecule has 0 saturated carbocycles. The lowest BCUT2D eigenvalue weighted by Gasteiger charge is -2.03.